The number of hydrogen-bond donors (Lipinski definition) is 2. The molecule has 0 aliphatic carbocycles. The summed E-state index contributed by atoms with van der Waals surface area (Å²) in [5.41, 5.74) is 0.748. The zero-order chi connectivity index (χ0) is 10.2. The Hall–Kier alpha value is -1.19. The average molecular weight is 193 g/mol. The molecular formula is C11H15NO2. The Morgan fingerprint density at radius 3 is 2.57 bits per heavy atom. The Kier molecular flexibility index (Phi) is 4.89. The highest BCUT2D eigenvalue weighted by Crippen LogP contribution is 2.01. The van der Waals surface area contributed by atoms with Gasteiger partial charge in [0.05, 0.1) is 6.61 Å². The number of benzene rings is 1. The number of carbonyl (C=O) groups excluding carboxylic acids is 1. The minimum absolute atomic E-state index is 0.111. The topological polar surface area (TPSA) is 49.3 Å². The van der Waals surface area contributed by atoms with E-state index in [1.807, 2.05) is 30.3 Å². The number of ketones is 1. The van der Waals surface area contributed by atoms with E-state index in [1.165, 1.54) is 0 Å². The van der Waals surface area contributed by atoms with Gasteiger partial charge >= 0.3 is 0 Å². The number of rotatable bonds is 6. The molecule has 1 rings (SSSR count). The van der Waals surface area contributed by atoms with Gasteiger partial charge in [-0.25, -0.2) is 0 Å². The van der Waals surface area contributed by atoms with Crippen molar-refractivity contribution in [3.05, 3.63) is 35.9 Å². The largest absolute Gasteiger partial charge is 0.395 e. The first kappa shape index (κ1) is 10.9. The second-order valence-corrected chi connectivity index (χ2v) is 3.01. The molecule has 0 aromatic heterocycles. The SMILES string of the molecule is O=C(CCNCCO)c1ccccc1. The van der Waals surface area contributed by atoms with Crippen molar-refractivity contribution >= 4 is 5.78 Å². The Morgan fingerprint density at radius 1 is 1.21 bits per heavy atom. The molecule has 0 amide bonds. The summed E-state index contributed by atoms with van der Waals surface area (Å²) in [6, 6.07) is 9.23. The summed E-state index contributed by atoms with van der Waals surface area (Å²) in [6.07, 6.45) is 0.476. The van der Waals surface area contributed by atoms with Crippen LogP contribution in [0.4, 0.5) is 0 Å². The lowest BCUT2D eigenvalue weighted by atomic mass is 10.1. The van der Waals surface area contributed by atoms with Crippen molar-refractivity contribution in [2.45, 2.75) is 6.42 Å². The molecule has 0 saturated carbocycles. The molecule has 14 heavy (non-hydrogen) atoms. The molecule has 1 aromatic carbocycles. The summed E-state index contributed by atoms with van der Waals surface area (Å²) >= 11 is 0. The molecule has 2 N–H and O–H groups in total. The van der Waals surface area contributed by atoms with Crippen LogP contribution in [0.3, 0.4) is 0 Å². The van der Waals surface area contributed by atoms with E-state index in [4.69, 9.17) is 5.11 Å². The number of aliphatic hydroxyl groups excluding tert-OH is 1. The first-order valence-electron chi connectivity index (χ1n) is 4.74. The molecule has 1 aromatic rings. The van der Waals surface area contributed by atoms with E-state index in [0.29, 0.717) is 19.5 Å². The maximum absolute atomic E-state index is 11.5. The normalized spacial score (nSPS) is 10.1. The third-order valence-electron chi connectivity index (χ3n) is 1.91. The van der Waals surface area contributed by atoms with Crippen LogP contribution in [0.25, 0.3) is 0 Å². The molecule has 3 nitrogen and oxygen atoms in total. The fraction of sp³-hybridized carbons (Fsp3) is 0.364. The van der Waals surface area contributed by atoms with Crippen LogP contribution in [0.1, 0.15) is 16.8 Å². The summed E-state index contributed by atoms with van der Waals surface area (Å²) in [5.74, 6) is 0.135. The molecular weight excluding hydrogens is 178 g/mol. The van der Waals surface area contributed by atoms with Gasteiger partial charge in [-0.1, -0.05) is 30.3 Å². The van der Waals surface area contributed by atoms with Crippen LogP contribution in [0.2, 0.25) is 0 Å². The van der Waals surface area contributed by atoms with Gasteiger partial charge in [0, 0.05) is 25.1 Å². The third-order valence-corrected chi connectivity index (χ3v) is 1.91. The van der Waals surface area contributed by atoms with Gasteiger partial charge in [0.2, 0.25) is 0 Å². The first-order valence-corrected chi connectivity index (χ1v) is 4.74. The molecule has 0 fully saturated rings. The third kappa shape index (κ3) is 3.68. The van der Waals surface area contributed by atoms with Crippen molar-refractivity contribution in [1.82, 2.24) is 5.32 Å². The fourth-order valence-electron chi connectivity index (χ4n) is 1.17. The van der Waals surface area contributed by atoms with Crippen LogP contribution in [-0.4, -0.2) is 30.6 Å². The zero-order valence-electron chi connectivity index (χ0n) is 8.07. The molecule has 0 bridgehead atoms. The Labute approximate surface area is 83.8 Å². The molecule has 3 heteroatoms. The molecule has 0 aliphatic rings. The van der Waals surface area contributed by atoms with Gasteiger partial charge in [0.15, 0.2) is 5.78 Å². The minimum Gasteiger partial charge on any atom is -0.395 e. The highest BCUT2D eigenvalue weighted by Gasteiger charge is 2.03. The smallest absolute Gasteiger partial charge is 0.164 e. The van der Waals surface area contributed by atoms with Gasteiger partial charge in [-0.05, 0) is 0 Å². The van der Waals surface area contributed by atoms with Crippen LogP contribution >= 0.6 is 0 Å². The van der Waals surface area contributed by atoms with E-state index < -0.39 is 0 Å². The fourth-order valence-corrected chi connectivity index (χ4v) is 1.17. The van der Waals surface area contributed by atoms with Crippen molar-refractivity contribution in [1.29, 1.82) is 0 Å². The molecule has 0 atom stereocenters. The predicted octanol–water partition coefficient (Wildman–Crippen LogP) is 0.841. The monoisotopic (exact) mass is 193 g/mol. The minimum atomic E-state index is 0.111. The number of hydrogen-bond acceptors (Lipinski definition) is 3. The molecule has 76 valence electrons. The van der Waals surface area contributed by atoms with E-state index >= 15 is 0 Å². The lowest BCUT2D eigenvalue weighted by molar-refractivity contribution is 0.0982. The van der Waals surface area contributed by atoms with Gasteiger partial charge in [-0.3, -0.25) is 4.79 Å². The second kappa shape index (κ2) is 6.29. The van der Waals surface area contributed by atoms with Crippen molar-refractivity contribution in [3.63, 3.8) is 0 Å². The van der Waals surface area contributed by atoms with Gasteiger partial charge < -0.3 is 10.4 Å². The average Bonchev–Trinajstić information content (AvgIpc) is 2.25. The number of aliphatic hydroxyl groups is 1. The summed E-state index contributed by atoms with van der Waals surface area (Å²) in [6.45, 7) is 1.27. The Balaban J connectivity index is 2.29. The van der Waals surface area contributed by atoms with Crippen LogP contribution < -0.4 is 5.32 Å². The van der Waals surface area contributed by atoms with Crippen LogP contribution in [0, 0.1) is 0 Å². The second-order valence-electron chi connectivity index (χ2n) is 3.01. The predicted molar refractivity (Wildman–Crippen MR) is 55.3 cm³/mol. The summed E-state index contributed by atoms with van der Waals surface area (Å²) in [7, 11) is 0. The number of nitrogens with one attached hydrogen (secondary N) is 1. The lowest BCUT2D eigenvalue weighted by Gasteiger charge is -2.01. The van der Waals surface area contributed by atoms with Crippen LogP contribution in [0.15, 0.2) is 30.3 Å². The highest BCUT2D eigenvalue weighted by atomic mass is 16.3. The maximum atomic E-state index is 11.5. The molecule has 0 radical (unpaired) electrons. The van der Waals surface area contributed by atoms with E-state index in [-0.39, 0.29) is 12.4 Å². The Bertz CT molecular complexity index is 272. The van der Waals surface area contributed by atoms with Crippen molar-refractivity contribution in [2.24, 2.45) is 0 Å². The molecule has 0 heterocycles. The van der Waals surface area contributed by atoms with E-state index in [9.17, 15) is 4.79 Å². The van der Waals surface area contributed by atoms with Crippen LogP contribution in [0.5, 0.6) is 0 Å². The van der Waals surface area contributed by atoms with E-state index in [1.54, 1.807) is 0 Å². The molecule has 0 spiro atoms. The first-order chi connectivity index (χ1) is 6.84. The summed E-state index contributed by atoms with van der Waals surface area (Å²) in [4.78, 5) is 11.5. The zero-order valence-corrected chi connectivity index (χ0v) is 8.07. The van der Waals surface area contributed by atoms with Crippen molar-refractivity contribution < 1.29 is 9.90 Å². The maximum Gasteiger partial charge on any atom is 0.164 e. The standard InChI is InChI=1S/C11H15NO2/c13-9-8-12-7-6-11(14)10-4-2-1-3-5-10/h1-5,12-13H,6-9H2. The van der Waals surface area contributed by atoms with Crippen molar-refractivity contribution in [3.8, 4) is 0 Å². The van der Waals surface area contributed by atoms with Crippen molar-refractivity contribution in [2.75, 3.05) is 19.7 Å². The molecule has 0 unspecified atom stereocenters. The summed E-state index contributed by atoms with van der Waals surface area (Å²) < 4.78 is 0. The molecule has 0 saturated heterocycles. The van der Waals surface area contributed by atoms with Gasteiger partial charge in [-0.2, -0.15) is 0 Å². The quantitative estimate of drug-likeness (QED) is 0.520. The Morgan fingerprint density at radius 2 is 1.93 bits per heavy atom. The number of Topliss-reactive ketones (excluding diaryl/α,β-unsaturated/α-hetero) is 1. The number of carbonyl (C=O) groups is 1. The van der Waals surface area contributed by atoms with Gasteiger partial charge in [0.25, 0.3) is 0 Å². The lowest BCUT2D eigenvalue weighted by Crippen LogP contribution is -2.21. The van der Waals surface area contributed by atoms with E-state index in [0.717, 1.165) is 5.56 Å². The highest BCUT2D eigenvalue weighted by molar-refractivity contribution is 5.96. The summed E-state index contributed by atoms with van der Waals surface area (Å²) in [5, 5.41) is 11.5. The van der Waals surface area contributed by atoms with Gasteiger partial charge in [0.1, 0.15) is 0 Å². The molecule has 0 aliphatic heterocycles. The van der Waals surface area contributed by atoms with E-state index in [2.05, 4.69) is 5.32 Å². The van der Waals surface area contributed by atoms with Crippen LogP contribution in [-0.2, 0) is 0 Å². The van der Waals surface area contributed by atoms with Gasteiger partial charge in [-0.15, -0.1) is 0 Å².